The van der Waals surface area contributed by atoms with E-state index in [-0.39, 0.29) is 24.3 Å². The lowest BCUT2D eigenvalue weighted by Crippen LogP contribution is -2.31. The second-order valence-corrected chi connectivity index (χ2v) is 5.73. The number of likely N-dealkylation sites (tertiary alicyclic amines) is 1. The Morgan fingerprint density at radius 2 is 2.00 bits per heavy atom. The first kappa shape index (κ1) is 14.0. The van der Waals surface area contributed by atoms with Crippen LogP contribution in [0.15, 0.2) is 18.2 Å². The van der Waals surface area contributed by atoms with E-state index in [1.807, 2.05) is 0 Å². The van der Waals surface area contributed by atoms with Crippen molar-refractivity contribution in [3.63, 3.8) is 0 Å². The summed E-state index contributed by atoms with van der Waals surface area (Å²) in [4.78, 5) is 24.7. The second-order valence-electron chi connectivity index (χ2n) is 5.73. The van der Waals surface area contributed by atoms with E-state index in [9.17, 15) is 18.4 Å². The van der Waals surface area contributed by atoms with Crippen LogP contribution in [-0.2, 0) is 9.59 Å². The topological polar surface area (TPSA) is 57.6 Å². The van der Waals surface area contributed by atoms with Crippen LogP contribution in [0.4, 0.5) is 8.78 Å². The third-order valence-corrected chi connectivity index (χ3v) is 4.33. The Hall–Kier alpha value is -1.98. The minimum Gasteiger partial charge on any atom is -0.481 e. The molecule has 4 nitrogen and oxygen atoms in total. The molecule has 2 aliphatic rings. The summed E-state index contributed by atoms with van der Waals surface area (Å²) < 4.78 is 26.1. The van der Waals surface area contributed by atoms with Crippen LogP contribution in [0.1, 0.15) is 24.3 Å². The number of nitrogens with zero attached hydrogens (tertiary/aromatic N) is 1. The fraction of sp³-hybridized carbons (Fsp3) is 0.467. The molecule has 6 heteroatoms. The van der Waals surface area contributed by atoms with Crippen molar-refractivity contribution >= 4 is 11.9 Å². The molecule has 0 spiro atoms. The molecule has 1 saturated carbocycles. The highest BCUT2D eigenvalue weighted by molar-refractivity contribution is 5.84. The Labute approximate surface area is 120 Å². The van der Waals surface area contributed by atoms with E-state index in [4.69, 9.17) is 5.11 Å². The van der Waals surface area contributed by atoms with Crippen LogP contribution in [0.3, 0.4) is 0 Å². The fourth-order valence-corrected chi connectivity index (χ4v) is 2.98. The Bertz CT molecular complexity index is 605. The van der Waals surface area contributed by atoms with Gasteiger partial charge in [0.2, 0.25) is 5.91 Å². The number of carbonyl (C=O) groups is 2. The number of amides is 1. The largest absolute Gasteiger partial charge is 0.481 e. The van der Waals surface area contributed by atoms with Crippen LogP contribution < -0.4 is 0 Å². The standard InChI is InChI=1S/C15H15F2NO3/c16-12-2-1-8(5-13(12)17)10-6-11(10)14(19)18-4-3-9(7-18)15(20)21/h1-2,5,9-11H,3-4,6-7H2,(H,20,21)/t9-,10+,11+/m1/s1. The number of hydrogen-bond acceptors (Lipinski definition) is 2. The van der Waals surface area contributed by atoms with E-state index < -0.39 is 23.5 Å². The van der Waals surface area contributed by atoms with Gasteiger partial charge in [-0.25, -0.2) is 8.78 Å². The minimum absolute atomic E-state index is 0.0755. The lowest BCUT2D eigenvalue weighted by atomic mass is 10.1. The zero-order valence-electron chi connectivity index (χ0n) is 11.3. The van der Waals surface area contributed by atoms with Gasteiger partial charge < -0.3 is 10.0 Å². The second kappa shape index (κ2) is 5.09. The molecule has 1 saturated heterocycles. The molecule has 112 valence electrons. The number of hydrogen-bond donors (Lipinski definition) is 1. The van der Waals surface area contributed by atoms with Gasteiger partial charge in [0.05, 0.1) is 5.92 Å². The van der Waals surface area contributed by atoms with E-state index in [2.05, 4.69) is 0 Å². The van der Waals surface area contributed by atoms with Crippen molar-refractivity contribution in [2.45, 2.75) is 18.8 Å². The Balaban J connectivity index is 1.64. The summed E-state index contributed by atoms with van der Waals surface area (Å²) in [5.74, 6) is -3.57. The van der Waals surface area contributed by atoms with Crippen LogP contribution in [0, 0.1) is 23.5 Å². The van der Waals surface area contributed by atoms with Crippen molar-refractivity contribution in [3.05, 3.63) is 35.4 Å². The quantitative estimate of drug-likeness (QED) is 0.928. The molecule has 0 unspecified atom stereocenters. The molecule has 3 rings (SSSR count). The molecule has 2 fully saturated rings. The summed E-state index contributed by atoms with van der Waals surface area (Å²) in [6.07, 6.45) is 1.09. The number of benzene rings is 1. The highest BCUT2D eigenvalue weighted by Gasteiger charge is 2.47. The predicted octanol–water partition coefficient (Wildman–Crippen LogP) is 2.00. The SMILES string of the molecule is O=C(O)[C@@H]1CCN(C(=O)[C@H]2C[C@H]2c2ccc(F)c(F)c2)C1. The van der Waals surface area contributed by atoms with E-state index >= 15 is 0 Å². The molecule has 0 aromatic heterocycles. The molecule has 0 radical (unpaired) electrons. The van der Waals surface area contributed by atoms with Gasteiger partial charge in [0.25, 0.3) is 0 Å². The molecule has 1 N–H and O–H groups in total. The lowest BCUT2D eigenvalue weighted by molar-refractivity contribution is -0.141. The number of halogens is 2. The normalized spacial score (nSPS) is 27.7. The van der Waals surface area contributed by atoms with Crippen LogP contribution in [0.2, 0.25) is 0 Å². The maximum atomic E-state index is 13.2. The number of aliphatic carboxylic acids is 1. The van der Waals surface area contributed by atoms with Gasteiger partial charge in [0.15, 0.2) is 11.6 Å². The molecule has 21 heavy (non-hydrogen) atoms. The molecular weight excluding hydrogens is 280 g/mol. The average Bonchev–Trinajstić information content (AvgIpc) is 3.08. The van der Waals surface area contributed by atoms with Crippen molar-refractivity contribution in [1.82, 2.24) is 4.90 Å². The average molecular weight is 295 g/mol. The third-order valence-electron chi connectivity index (χ3n) is 4.33. The number of rotatable bonds is 3. The van der Waals surface area contributed by atoms with Crippen molar-refractivity contribution in [2.75, 3.05) is 13.1 Å². The first-order valence-electron chi connectivity index (χ1n) is 6.94. The molecule has 1 heterocycles. The van der Waals surface area contributed by atoms with Gasteiger partial charge in [0.1, 0.15) is 0 Å². The Kier molecular flexibility index (Phi) is 3.39. The molecule has 3 atom stereocenters. The number of carboxylic acid groups (broad SMARTS) is 1. The molecule has 1 aliphatic carbocycles. The first-order valence-corrected chi connectivity index (χ1v) is 6.94. The zero-order chi connectivity index (χ0) is 15.1. The smallest absolute Gasteiger partial charge is 0.308 e. The number of carbonyl (C=O) groups excluding carboxylic acids is 1. The van der Waals surface area contributed by atoms with Gasteiger partial charge in [-0.3, -0.25) is 9.59 Å². The summed E-state index contributed by atoms with van der Waals surface area (Å²) in [5.41, 5.74) is 0.626. The van der Waals surface area contributed by atoms with Crippen LogP contribution in [0.5, 0.6) is 0 Å². The van der Waals surface area contributed by atoms with Gasteiger partial charge in [0, 0.05) is 19.0 Å². The van der Waals surface area contributed by atoms with Crippen molar-refractivity contribution in [2.24, 2.45) is 11.8 Å². The van der Waals surface area contributed by atoms with Crippen LogP contribution >= 0.6 is 0 Å². The van der Waals surface area contributed by atoms with Crippen LogP contribution in [-0.4, -0.2) is 35.0 Å². The molecule has 1 amide bonds. The van der Waals surface area contributed by atoms with Crippen molar-refractivity contribution < 1.29 is 23.5 Å². The highest BCUT2D eigenvalue weighted by atomic mass is 19.2. The maximum Gasteiger partial charge on any atom is 0.308 e. The fourth-order valence-electron chi connectivity index (χ4n) is 2.98. The molecule has 1 aliphatic heterocycles. The van der Waals surface area contributed by atoms with Crippen LogP contribution in [0.25, 0.3) is 0 Å². The highest BCUT2D eigenvalue weighted by Crippen LogP contribution is 2.49. The molecule has 1 aromatic carbocycles. The van der Waals surface area contributed by atoms with E-state index in [1.165, 1.54) is 6.07 Å². The van der Waals surface area contributed by atoms with E-state index in [0.717, 1.165) is 12.1 Å². The van der Waals surface area contributed by atoms with Gasteiger partial charge >= 0.3 is 5.97 Å². The zero-order valence-corrected chi connectivity index (χ0v) is 11.3. The maximum absolute atomic E-state index is 13.2. The molecule has 1 aromatic rings. The molecule has 0 bridgehead atoms. The molecular formula is C15H15F2NO3. The minimum atomic E-state index is -0.905. The monoisotopic (exact) mass is 295 g/mol. The Morgan fingerprint density at radius 3 is 2.62 bits per heavy atom. The van der Waals surface area contributed by atoms with Crippen molar-refractivity contribution in [1.29, 1.82) is 0 Å². The van der Waals surface area contributed by atoms with Gasteiger partial charge in [-0.15, -0.1) is 0 Å². The Morgan fingerprint density at radius 1 is 1.24 bits per heavy atom. The summed E-state index contributed by atoms with van der Waals surface area (Å²) in [5, 5.41) is 8.94. The van der Waals surface area contributed by atoms with E-state index in [1.54, 1.807) is 4.90 Å². The van der Waals surface area contributed by atoms with Gasteiger partial charge in [-0.2, -0.15) is 0 Å². The van der Waals surface area contributed by atoms with Gasteiger partial charge in [-0.05, 0) is 36.5 Å². The van der Waals surface area contributed by atoms with E-state index in [0.29, 0.717) is 24.9 Å². The summed E-state index contributed by atoms with van der Waals surface area (Å²) in [6.45, 7) is 0.700. The lowest BCUT2D eigenvalue weighted by Gasteiger charge is -2.15. The van der Waals surface area contributed by atoms with Gasteiger partial charge in [-0.1, -0.05) is 6.07 Å². The summed E-state index contributed by atoms with van der Waals surface area (Å²) in [7, 11) is 0. The predicted molar refractivity (Wildman–Crippen MR) is 69.5 cm³/mol. The summed E-state index contributed by atoms with van der Waals surface area (Å²) in [6, 6.07) is 3.71. The first-order chi connectivity index (χ1) is 9.97. The van der Waals surface area contributed by atoms with Crippen molar-refractivity contribution in [3.8, 4) is 0 Å². The number of carboxylic acids is 1. The third kappa shape index (κ3) is 2.62. The summed E-state index contributed by atoms with van der Waals surface area (Å²) >= 11 is 0.